The van der Waals surface area contributed by atoms with Crippen LogP contribution in [0.5, 0.6) is 0 Å². The Morgan fingerprint density at radius 1 is 0.136 bits per heavy atom. The van der Waals surface area contributed by atoms with Crippen molar-refractivity contribution in [1.29, 1.82) is 0 Å². The van der Waals surface area contributed by atoms with Crippen LogP contribution in [-0.4, -0.2) is 0 Å². The Labute approximate surface area is 386 Å². The van der Waals surface area contributed by atoms with Crippen molar-refractivity contribution >= 4 is 32.3 Å². The summed E-state index contributed by atoms with van der Waals surface area (Å²) in [5.74, 6) is 0. The highest BCUT2D eigenvalue weighted by Gasteiger charge is 2.17. The molecule has 0 radical (unpaired) electrons. The minimum atomic E-state index is 1.19. The predicted octanol–water partition coefficient (Wildman–Crippen LogP) is 18.5. The summed E-state index contributed by atoms with van der Waals surface area (Å²) in [5, 5.41) is 7.56. The van der Waals surface area contributed by atoms with Gasteiger partial charge in [0.1, 0.15) is 0 Å². The molecule has 66 heavy (non-hydrogen) atoms. The molecule has 0 aliphatic rings. The van der Waals surface area contributed by atoms with E-state index in [0.717, 1.165) is 0 Å². The molecule has 12 aromatic rings. The largest absolute Gasteiger partial charge is 0.0622 e. The van der Waals surface area contributed by atoms with E-state index in [1.807, 2.05) is 0 Å². The smallest absolute Gasteiger partial charge is 0.00262 e. The van der Waals surface area contributed by atoms with Crippen molar-refractivity contribution in [3.8, 4) is 89.0 Å². The summed E-state index contributed by atoms with van der Waals surface area (Å²) < 4.78 is 0. The topological polar surface area (TPSA) is 0 Å². The maximum absolute atomic E-state index is 2.37. The molecule has 0 fully saturated rings. The fourth-order valence-electron chi connectivity index (χ4n) is 9.95. The van der Waals surface area contributed by atoms with E-state index in [1.54, 1.807) is 0 Å². The molecule has 0 unspecified atom stereocenters. The van der Waals surface area contributed by atoms with Gasteiger partial charge in [-0.2, -0.15) is 0 Å². The lowest BCUT2D eigenvalue weighted by Gasteiger charge is -2.18. The molecule has 0 atom stereocenters. The SMILES string of the molecule is c1ccc(-c2cccc(-c3cccc(-c4cccc(-c5cccc(-c6ccc(-c7cccc(-c8c9ccccc9c(-c9ccc%10ccccc%10c9)c9ccccc89)c7)cc6)c5)c4)c3)c2)cc1. The first kappa shape index (κ1) is 39.0. The third-order valence-corrected chi connectivity index (χ3v) is 13.2. The molecule has 308 valence electrons. The van der Waals surface area contributed by atoms with Crippen molar-refractivity contribution in [3.63, 3.8) is 0 Å². The van der Waals surface area contributed by atoms with E-state index in [1.165, 1.54) is 121 Å². The summed E-state index contributed by atoms with van der Waals surface area (Å²) in [6.07, 6.45) is 0. The van der Waals surface area contributed by atoms with Crippen molar-refractivity contribution in [2.75, 3.05) is 0 Å². The normalized spacial score (nSPS) is 11.3. The molecule has 0 nitrogen and oxygen atoms in total. The average molecular weight is 837 g/mol. The molecule has 0 saturated carbocycles. The van der Waals surface area contributed by atoms with Gasteiger partial charge in [0.2, 0.25) is 0 Å². The predicted molar refractivity (Wildman–Crippen MR) is 282 cm³/mol. The number of hydrogen-bond donors (Lipinski definition) is 0. The van der Waals surface area contributed by atoms with Crippen LogP contribution in [0.15, 0.2) is 267 Å². The van der Waals surface area contributed by atoms with Crippen LogP contribution in [0.2, 0.25) is 0 Å². The van der Waals surface area contributed by atoms with Gasteiger partial charge >= 0.3 is 0 Å². The van der Waals surface area contributed by atoms with E-state index in [0.29, 0.717) is 0 Å². The zero-order chi connectivity index (χ0) is 43.8. The monoisotopic (exact) mass is 836 g/mol. The van der Waals surface area contributed by atoms with E-state index < -0.39 is 0 Å². The standard InChI is InChI=1S/C66H44/c1-2-15-45(16-3-1)50-19-10-22-53(39-50)55-24-12-26-57(41-55)58-27-13-25-56(42-58)54-23-11-20-51(40-54)47-33-35-48(36-34-47)52-21-14-28-59(43-52)65-61-29-6-8-31-63(61)66(64-32-9-7-30-62(64)65)60-38-37-46-17-4-5-18-49(46)44-60/h1-44H. The Hall–Kier alpha value is -8.58. The van der Waals surface area contributed by atoms with Gasteiger partial charge in [-0.1, -0.05) is 231 Å². The van der Waals surface area contributed by atoms with Crippen LogP contribution in [0.25, 0.3) is 121 Å². The summed E-state index contributed by atoms with van der Waals surface area (Å²) in [6.45, 7) is 0. The van der Waals surface area contributed by atoms with Gasteiger partial charge in [-0.25, -0.2) is 0 Å². The van der Waals surface area contributed by atoms with Gasteiger partial charge in [-0.05, 0) is 158 Å². The highest BCUT2D eigenvalue weighted by molar-refractivity contribution is 6.21. The van der Waals surface area contributed by atoms with Crippen LogP contribution in [0, 0.1) is 0 Å². The van der Waals surface area contributed by atoms with Gasteiger partial charge in [-0.3, -0.25) is 0 Å². The van der Waals surface area contributed by atoms with Crippen molar-refractivity contribution in [2.45, 2.75) is 0 Å². The lowest BCUT2D eigenvalue weighted by atomic mass is 9.85. The van der Waals surface area contributed by atoms with Crippen molar-refractivity contribution in [1.82, 2.24) is 0 Å². The zero-order valence-electron chi connectivity index (χ0n) is 36.4. The lowest BCUT2D eigenvalue weighted by molar-refractivity contribution is 1.56. The molecule has 12 rings (SSSR count). The van der Waals surface area contributed by atoms with Gasteiger partial charge in [0, 0.05) is 0 Å². The summed E-state index contributed by atoms with van der Waals surface area (Å²) in [4.78, 5) is 0. The van der Waals surface area contributed by atoms with Crippen molar-refractivity contribution in [2.24, 2.45) is 0 Å². The minimum absolute atomic E-state index is 1.19. The lowest BCUT2D eigenvalue weighted by Crippen LogP contribution is -1.91. The molecule has 0 aliphatic heterocycles. The summed E-state index contributed by atoms with van der Waals surface area (Å²) in [5.41, 5.74) is 19.5. The van der Waals surface area contributed by atoms with Gasteiger partial charge < -0.3 is 0 Å². The van der Waals surface area contributed by atoms with Crippen LogP contribution in [0.4, 0.5) is 0 Å². The van der Waals surface area contributed by atoms with Crippen LogP contribution in [0.3, 0.4) is 0 Å². The van der Waals surface area contributed by atoms with Gasteiger partial charge in [0.15, 0.2) is 0 Å². The molecule has 0 spiro atoms. The number of benzene rings is 12. The first-order chi connectivity index (χ1) is 32.7. The number of hydrogen-bond acceptors (Lipinski definition) is 0. The molecule has 0 aliphatic carbocycles. The Bertz CT molecular complexity index is 3690. The maximum atomic E-state index is 2.37. The fourth-order valence-corrected chi connectivity index (χ4v) is 9.95. The third-order valence-electron chi connectivity index (χ3n) is 13.2. The molecular weight excluding hydrogens is 793 g/mol. The van der Waals surface area contributed by atoms with Crippen LogP contribution in [0.1, 0.15) is 0 Å². The first-order valence-corrected chi connectivity index (χ1v) is 22.8. The summed E-state index contributed by atoms with van der Waals surface area (Å²) >= 11 is 0. The second-order valence-electron chi connectivity index (χ2n) is 17.3. The zero-order valence-corrected chi connectivity index (χ0v) is 36.4. The fraction of sp³-hybridized carbons (Fsp3) is 0. The van der Waals surface area contributed by atoms with Crippen LogP contribution >= 0.6 is 0 Å². The molecule has 0 heteroatoms. The van der Waals surface area contributed by atoms with Crippen LogP contribution in [-0.2, 0) is 0 Å². The highest BCUT2D eigenvalue weighted by Crippen LogP contribution is 2.45. The van der Waals surface area contributed by atoms with Crippen molar-refractivity contribution in [3.05, 3.63) is 267 Å². The third kappa shape index (κ3) is 7.35. The molecule has 0 amide bonds. The van der Waals surface area contributed by atoms with Crippen LogP contribution < -0.4 is 0 Å². The Morgan fingerprint density at radius 2 is 0.394 bits per heavy atom. The Balaban J connectivity index is 0.841. The van der Waals surface area contributed by atoms with E-state index in [9.17, 15) is 0 Å². The van der Waals surface area contributed by atoms with Gasteiger partial charge in [-0.15, -0.1) is 0 Å². The van der Waals surface area contributed by atoms with E-state index in [2.05, 4.69) is 267 Å². The number of rotatable bonds is 8. The molecule has 0 heterocycles. The average Bonchev–Trinajstić information content (AvgIpc) is 3.40. The molecular formula is C66H44. The van der Waals surface area contributed by atoms with Gasteiger partial charge in [0.25, 0.3) is 0 Å². The summed E-state index contributed by atoms with van der Waals surface area (Å²) in [7, 11) is 0. The quantitative estimate of drug-likeness (QED) is 0.134. The van der Waals surface area contributed by atoms with Crippen molar-refractivity contribution < 1.29 is 0 Å². The second-order valence-corrected chi connectivity index (χ2v) is 17.3. The molecule has 0 N–H and O–H groups in total. The Morgan fingerprint density at radius 3 is 0.803 bits per heavy atom. The first-order valence-electron chi connectivity index (χ1n) is 22.8. The highest BCUT2D eigenvalue weighted by atomic mass is 14.2. The minimum Gasteiger partial charge on any atom is -0.0622 e. The molecule has 12 aromatic carbocycles. The maximum Gasteiger partial charge on any atom is -0.00262 e. The van der Waals surface area contributed by atoms with E-state index >= 15 is 0 Å². The summed E-state index contributed by atoms with van der Waals surface area (Å²) in [6, 6.07) is 97.6. The number of fused-ring (bicyclic) bond motifs is 3. The Kier molecular flexibility index (Phi) is 9.97. The van der Waals surface area contributed by atoms with Gasteiger partial charge in [0.05, 0.1) is 0 Å². The molecule has 0 bridgehead atoms. The molecule has 0 saturated heterocycles. The second kappa shape index (κ2) is 16.8. The van der Waals surface area contributed by atoms with E-state index in [-0.39, 0.29) is 0 Å². The molecule has 0 aromatic heterocycles. The van der Waals surface area contributed by atoms with E-state index in [4.69, 9.17) is 0 Å².